The fraction of sp³-hybridized carbons (Fsp3) is 0.259. The second kappa shape index (κ2) is 10.5. The van der Waals surface area contributed by atoms with Gasteiger partial charge < -0.3 is 20.5 Å². The zero-order chi connectivity index (χ0) is 24.9. The first kappa shape index (κ1) is 23.3. The van der Waals surface area contributed by atoms with Crippen LogP contribution in [0.1, 0.15) is 35.6 Å². The number of nitrogens with zero attached hydrogens (tertiary/aromatic N) is 5. The number of anilines is 3. The zero-order valence-corrected chi connectivity index (χ0v) is 20.0. The van der Waals surface area contributed by atoms with Gasteiger partial charge in [-0.2, -0.15) is 15.3 Å². The Morgan fingerprint density at radius 2 is 2.08 bits per heavy atom. The molecule has 0 amide bonds. The maximum atomic E-state index is 10.3. The van der Waals surface area contributed by atoms with Gasteiger partial charge in [0, 0.05) is 41.8 Å². The molecule has 0 spiro atoms. The number of fused-ring (bicyclic) bond motifs is 5. The fourth-order valence-electron chi connectivity index (χ4n) is 4.33. The van der Waals surface area contributed by atoms with Gasteiger partial charge in [0.2, 0.25) is 5.95 Å². The van der Waals surface area contributed by atoms with Crippen molar-refractivity contribution < 1.29 is 9.84 Å². The van der Waals surface area contributed by atoms with E-state index in [4.69, 9.17) is 9.72 Å². The lowest BCUT2D eigenvalue weighted by Gasteiger charge is -2.22. The number of aromatic nitrogens is 4. The molecule has 4 aromatic rings. The van der Waals surface area contributed by atoms with Crippen molar-refractivity contribution in [3.63, 3.8) is 0 Å². The van der Waals surface area contributed by atoms with Crippen LogP contribution in [0.4, 0.5) is 17.5 Å². The molecular formula is C27H27N7O2. The van der Waals surface area contributed by atoms with E-state index in [-0.39, 0.29) is 6.61 Å². The Kier molecular flexibility index (Phi) is 6.78. The van der Waals surface area contributed by atoms with Crippen LogP contribution in [-0.4, -0.2) is 38.1 Å². The van der Waals surface area contributed by atoms with Crippen LogP contribution >= 0.6 is 0 Å². The molecule has 3 heterocycles. The third-order valence-electron chi connectivity index (χ3n) is 6.17. The van der Waals surface area contributed by atoms with E-state index in [1.165, 1.54) is 0 Å². The van der Waals surface area contributed by atoms with E-state index in [2.05, 4.69) is 26.8 Å². The molecule has 1 aliphatic heterocycles. The minimum Gasteiger partial charge on any atom is -0.493 e. The van der Waals surface area contributed by atoms with Gasteiger partial charge in [-0.1, -0.05) is 18.2 Å². The van der Waals surface area contributed by atoms with Crippen LogP contribution in [-0.2, 0) is 13.5 Å². The summed E-state index contributed by atoms with van der Waals surface area (Å²) in [6, 6.07) is 15.2. The van der Waals surface area contributed by atoms with Crippen LogP contribution in [0.25, 0.3) is 11.1 Å². The van der Waals surface area contributed by atoms with Crippen molar-refractivity contribution in [3.05, 3.63) is 77.7 Å². The Morgan fingerprint density at radius 1 is 1.19 bits per heavy atom. The lowest BCUT2D eigenvalue weighted by atomic mass is 10.0. The summed E-state index contributed by atoms with van der Waals surface area (Å²) in [4.78, 5) is 9.31. The number of hydrogen-bond donors (Lipinski definition) is 3. The summed E-state index contributed by atoms with van der Waals surface area (Å²) in [6.07, 6.45) is 7.85. The van der Waals surface area contributed by atoms with E-state index >= 15 is 0 Å². The van der Waals surface area contributed by atoms with Crippen molar-refractivity contribution >= 4 is 17.5 Å². The third-order valence-corrected chi connectivity index (χ3v) is 6.17. The Balaban J connectivity index is 1.60. The summed E-state index contributed by atoms with van der Waals surface area (Å²) in [5.41, 5.74) is 4.88. The van der Waals surface area contributed by atoms with E-state index in [0.717, 1.165) is 47.2 Å². The first-order chi connectivity index (χ1) is 17.6. The molecular weight excluding hydrogens is 454 g/mol. The van der Waals surface area contributed by atoms with Gasteiger partial charge in [0.15, 0.2) is 0 Å². The molecule has 9 heteroatoms. The van der Waals surface area contributed by atoms with E-state index in [1.54, 1.807) is 17.1 Å². The molecule has 0 aliphatic carbocycles. The second-order valence-electron chi connectivity index (χ2n) is 8.69. The number of ether oxygens (including phenoxy) is 1. The molecule has 3 N–H and O–H groups in total. The summed E-state index contributed by atoms with van der Waals surface area (Å²) in [5.74, 6) is 1.66. The predicted octanol–water partition coefficient (Wildman–Crippen LogP) is 4.35. The Hall–Kier alpha value is -4.42. The van der Waals surface area contributed by atoms with Crippen LogP contribution in [0.15, 0.2) is 61.1 Å². The Morgan fingerprint density at radius 3 is 2.89 bits per heavy atom. The van der Waals surface area contributed by atoms with Gasteiger partial charge in [-0.05, 0) is 49.1 Å². The number of aliphatic hydroxyl groups is 1. The fourth-order valence-corrected chi connectivity index (χ4v) is 4.33. The van der Waals surface area contributed by atoms with Gasteiger partial charge >= 0.3 is 0 Å². The number of aliphatic hydroxyl groups excluding tert-OH is 1. The number of nitrogens with one attached hydrogen (secondary N) is 2. The average molecular weight is 482 g/mol. The molecule has 2 aromatic carbocycles. The summed E-state index contributed by atoms with van der Waals surface area (Å²) in [5, 5.41) is 30.9. The summed E-state index contributed by atoms with van der Waals surface area (Å²) in [6.45, 7) is 0.381. The highest BCUT2D eigenvalue weighted by molar-refractivity contribution is 5.75. The molecule has 0 saturated carbocycles. The number of nitriles is 1. The number of rotatable bonds is 2. The lowest BCUT2D eigenvalue weighted by Crippen LogP contribution is -2.18. The molecule has 0 unspecified atom stereocenters. The second-order valence-corrected chi connectivity index (χ2v) is 8.69. The van der Waals surface area contributed by atoms with E-state index in [1.807, 2.05) is 55.7 Å². The summed E-state index contributed by atoms with van der Waals surface area (Å²) >= 11 is 0. The predicted molar refractivity (Wildman–Crippen MR) is 137 cm³/mol. The van der Waals surface area contributed by atoms with Crippen molar-refractivity contribution in [2.75, 3.05) is 23.8 Å². The van der Waals surface area contributed by atoms with Gasteiger partial charge in [0.05, 0.1) is 37.1 Å². The summed E-state index contributed by atoms with van der Waals surface area (Å²) < 4.78 is 7.85. The molecule has 0 fully saturated rings. The van der Waals surface area contributed by atoms with Crippen LogP contribution < -0.4 is 15.4 Å². The molecule has 0 radical (unpaired) electrons. The van der Waals surface area contributed by atoms with Gasteiger partial charge in [-0.15, -0.1) is 0 Å². The summed E-state index contributed by atoms with van der Waals surface area (Å²) in [7, 11) is 1.85. The standard InChI is InChI=1S/C27H27N7O2/c1-34-16-20(14-30-34)23-15-29-27-31-21-10-9-19(13-28)18(12-21)6-4-5-11-36-25-8-3-2-7-22(25)24(17-35)32-26(23)33-27/h2-3,7-10,12,14-16,24,35H,4-6,11,17H2,1H3,(H2,29,31,32,33)/t24-/m1/s1. The largest absolute Gasteiger partial charge is 0.493 e. The van der Waals surface area contributed by atoms with Gasteiger partial charge in [-0.3, -0.25) is 4.68 Å². The SMILES string of the molecule is Cn1cc(-c2cnc3nc2N[C@H](CO)c2ccccc2OCCCCc2cc(ccc2C#N)N3)cn1. The highest BCUT2D eigenvalue weighted by atomic mass is 16.5. The van der Waals surface area contributed by atoms with Crippen LogP contribution in [0.3, 0.4) is 0 Å². The zero-order valence-electron chi connectivity index (χ0n) is 20.0. The minimum absolute atomic E-state index is 0.154. The maximum absolute atomic E-state index is 10.3. The molecule has 36 heavy (non-hydrogen) atoms. The van der Waals surface area contributed by atoms with Crippen molar-refractivity contribution in [3.8, 4) is 22.9 Å². The van der Waals surface area contributed by atoms with Crippen LogP contribution in [0.5, 0.6) is 5.75 Å². The normalized spacial score (nSPS) is 15.5. The smallest absolute Gasteiger partial charge is 0.229 e. The molecule has 0 saturated heterocycles. The average Bonchev–Trinajstić information content (AvgIpc) is 3.33. The highest BCUT2D eigenvalue weighted by Crippen LogP contribution is 2.33. The molecule has 9 nitrogen and oxygen atoms in total. The van der Waals surface area contributed by atoms with Gasteiger partial charge in [0.25, 0.3) is 0 Å². The van der Waals surface area contributed by atoms with Crippen LogP contribution in [0.2, 0.25) is 0 Å². The molecule has 2 aromatic heterocycles. The third kappa shape index (κ3) is 4.99. The lowest BCUT2D eigenvalue weighted by molar-refractivity contribution is 0.265. The molecule has 1 atom stereocenters. The number of benzene rings is 2. The van der Waals surface area contributed by atoms with Crippen molar-refractivity contribution in [1.82, 2.24) is 19.7 Å². The number of para-hydroxylation sites is 1. The van der Waals surface area contributed by atoms with E-state index in [9.17, 15) is 10.4 Å². The molecule has 4 bridgehead atoms. The molecule has 1 aliphatic rings. The number of hydrogen-bond acceptors (Lipinski definition) is 8. The highest BCUT2D eigenvalue weighted by Gasteiger charge is 2.20. The van der Waals surface area contributed by atoms with Crippen molar-refractivity contribution in [2.45, 2.75) is 25.3 Å². The molecule has 182 valence electrons. The van der Waals surface area contributed by atoms with Gasteiger partial charge in [0.1, 0.15) is 11.6 Å². The van der Waals surface area contributed by atoms with Crippen molar-refractivity contribution in [2.24, 2.45) is 7.05 Å². The van der Waals surface area contributed by atoms with E-state index < -0.39 is 6.04 Å². The first-order valence-corrected chi connectivity index (χ1v) is 11.9. The number of aryl methyl sites for hydroxylation is 2. The first-order valence-electron chi connectivity index (χ1n) is 11.9. The van der Waals surface area contributed by atoms with E-state index in [0.29, 0.717) is 29.7 Å². The molecule has 5 rings (SSSR count). The maximum Gasteiger partial charge on any atom is 0.229 e. The monoisotopic (exact) mass is 481 g/mol. The van der Waals surface area contributed by atoms with Gasteiger partial charge in [-0.25, -0.2) is 4.98 Å². The minimum atomic E-state index is -0.450. The van der Waals surface area contributed by atoms with Crippen molar-refractivity contribution in [1.29, 1.82) is 5.26 Å². The topological polar surface area (TPSA) is 121 Å². The Labute approximate surface area is 209 Å². The Bertz CT molecular complexity index is 1410. The quantitative estimate of drug-likeness (QED) is 0.386. The van der Waals surface area contributed by atoms with Crippen LogP contribution in [0, 0.1) is 11.3 Å².